The first-order valence-corrected chi connectivity index (χ1v) is 8.17. The van der Waals surface area contributed by atoms with Gasteiger partial charge in [0.25, 0.3) is 5.91 Å². The number of carbonyl (C=O) groups excluding carboxylic acids is 1. The van der Waals surface area contributed by atoms with E-state index in [2.05, 4.69) is 4.98 Å². The Balaban J connectivity index is 1.54. The van der Waals surface area contributed by atoms with E-state index < -0.39 is 0 Å². The van der Waals surface area contributed by atoms with Gasteiger partial charge in [-0.25, -0.2) is 4.98 Å². The molecule has 0 spiro atoms. The van der Waals surface area contributed by atoms with Gasteiger partial charge in [0.2, 0.25) is 0 Å². The van der Waals surface area contributed by atoms with Crippen LogP contribution in [-0.2, 0) is 0 Å². The zero-order valence-corrected chi connectivity index (χ0v) is 14.4. The van der Waals surface area contributed by atoms with Crippen molar-refractivity contribution in [1.82, 2.24) is 14.5 Å². The van der Waals surface area contributed by atoms with E-state index >= 15 is 0 Å². The smallest absolute Gasteiger partial charge is 0.253 e. The van der Waals surface area contributed by atoms with Crippen LogP contribution in [-0.4, -0.2) is 40.6 Å². The van der Waals surface area contributed by atoms with Gasteiger partial charge in [0, 0.05) is 30.7 Å². The van der Waals surface area contributed by atoms with Crippen LogP contribution in [0.15, 0.2) is 67.3 Å². The average molecular weight is 335 g/mol. The molecule has 0 saturated heterocycles. The van der Waals surface area contributed by atoms with Gasteiger partial charge in [-0.05, 0) is 43.3 Å². The SMILES string of the molecule is Cc1ccc(OCCN(C)C(=O)c2ccc(-n3ccnc3)cc2)cc1. The Kier molecular flexibility index (Phi) is 5.14. The van der Waals surface area contributed by atoms with Crippen LogP contribution in [0.5, 0.6) is 5.75 Å². The number of aryl methyl sites for hydroxylation is 1. The lowest BCUT2D eigenvalue weighted by Gasteiger charge is -2.18. The summed E-state index contributed by atoms with van der Waals surface area (Å²) in [6, 6.07) is 15.4. The van der Waals surface area contributed by atoms with Crippen LogP contribution in [0.2, 0.25) is 0 Å². The molecule has 0 bridgehead atoms. The highest BCUT2D eigenvalue weighted by atomic mass is 16.5. The van der Waals surface area contributed by atoms with E-state index in [9.17, 15) is 4.79 Å². The maximum Gasteiger partial charge on any atom is 0.253 e. The molecule has 1 heterocycles. The van der Waals surface area contributed by atoms with E-state index in [-0.39, 0.29) is 5.91 Å². The lowest BCUT2D eigenvalue weighted by molar-refractivity contribution is 0.0774. The van der Waals surface area contributed by atoms with Gasteiger partial charge in [0.05, 0.1) is 12.9 Å². The maximum absolute atomic E-state index is 12.5. The molecule has 0 fully saturated rings. The van der Waals surface area contributed by atoms with Gasteiger partial charge in [-0.15, -0.1) is 0 Å². The van der Waals surface area contributed by atoms with Crippen molar-refractivity contribution in [2.45, 2.75) is 6.92 Å². The third kappa shape index (κ3) is 4.26. The predicted octanol–water partition coefficient (Wildman–Crippen LogP) is 3.33. The number of rotatable bonds is 6. The molecule has 128 valence electrons. The number of benzene rings is 2. The van der Waals surface area contributed by atoms with Crippen molar-refractivity contribution in [2.24, 2.45) is 0 Å². The maximum atomic E-state index is 12.5. The number of likely N-dealkylation sites (N-methyl/N-ethyl adjacent to an activating group) is 1. The van der Waals surface area contributed by atoms with Crippen LogP contribution in [0.1, 0.15) is 15.9 Å². The van der Waals surface area contributed by atoms with Gasteiger partial charge < -0.3 is 14.2 Å². The fourth-order valence-electron chi connectivity index (χ4n) is 2.44. The quantitative estimate of drug-likeness (QED) is 0.694. The van der Waals surface area contributed by atoms with Gasteiger partial charge in [-0.3, -0.25) is 4.79 Å². The second kappa shape index (κ2) is 7.66. The summed E-state index contributed by atoms with van der Waals surface area (Å²) < 4.78 is 7.58. The molecule has 0 aliphatic rings. The van der Waals surface area contributed by atoms with Crippen molar-refractivity contribution in [1.29, 1.82) is 0 Å². The highest BCUT2D eigenvalue weighted by Gasteiger charge is 2.11. The Morgan fingerprint density at radius 3 is 2.48 bits per heavy atom. The summed E-state index contributed by atoms with van der Waals surface area (Å²) in [5, 5.41) is 0. The first-order chi connectivity index (χ1) is 12.1. The normalized spacial score (nSPS) is 10.5. The van der Waals surface area contributed by atoms with Gasteiger partial charge in [0.1, 0.15) is 12.4 Å². The van der Waals surface area contributed by atoms with Gasteiger partial charge in [-0.2, -0.15) is 0 Å². The molecule has 0 aliphatic carbocycles. The van der Waals surface area contributed by atoms with Crippen molar-refractivity contribution in [3.63, 3.8) is 0 Å². The summed E-state index contributed by atoms with van der Waals surface area (Å²) in [7, 11) is 1.78. The van der Waals surface area contributed by atoms with E-state index in [1.165, 1.54) is 5.56 Å². The number of carbonyl (C=O) groups is 1. The minimum Gasteiger partial charge on any atom is -0.492 e. The number of ether oxygens (including phenoxy) is 1. The Morgan fingerprint density at radius 1 is 1.12 bits per heavy atom. The van der Waals surface area contributed by atoms with Crippen LogP contribution in [0.25, 0.3) is 5.69 Å². The molecule has 5 heteroatoms. The zero-order chi connectivity index (χ0) is 17.6. The molecule has 3 rings (SSSR count). The average Bonchev–Trinajstić information content (AvgIpc) is 3.17. The van der Waals surface area contributed by atoms with Crippen LogP contribution in [0.3, 0.4) is 0 Å². The molecule has 25 heavy (non-hydrogen) atoms. The third-order valence-corrected chi connectivity index (χ3v) is 3.98. The lowest BCUT2D eigenvalue weighted by Crippen LogP contribution is -2.30. The molecular weight excluding hydrogens is 314 g/mol. The van der Waals surface area contributed by atoms with E-state index in [0.717, 1.165) is 11.4 Å². The minimum atomic E-state index is -0.0234. The number of amides is 1. The fraction of sp³-hybridized carbons (Fsp3) is 0.200. The Bertz CT molecular complexity index is 809. The molecule has 1 amide bonds. The van der Waals surface area contributed by atoms with E-state index in [0.29, 0.717) is 18.7 Å². The largest absolute Gasteiger partial charge is 0.492 e. The summed E-state index contributed by atoms with van der Waals surface area (Å²) in [5.74, 6) is 0.792. The van der Waals surface area contributed by atoms with E-state index in [1.54, 1.807) is 24.5 Å². The molecule has 1 aromatic heterocycles. The van der Waals surface area contributed by atoms with Crippen molar-refractivity contribution in [2.75, 3.05) is 20.2 Å². The lowest BCUT2D eigenvalue weighted by atomic mass is 10.2. The number of hydrogen-bond acceptors (Lipinski definition) is 3. The summed E-state index contributed by atoms with van der Waals surface area (Å²) in [5.41, 5.74) is 2.82. The van der Waals surface area contributed by atoms with Gasteiger partial charge in [-0.1, -0.05) is 17.7 Å². The third-order valence-electron chi connectivity index (χ3n) is 3.98. The highest BCUT2D eigenvalue weighted by Crippen LogP contribution is 2.13. The Hall–Kier alpha value is -3.08. The summed E-state index contributed by atoms with van der Waals surface area (Å²) in [4.78, 5) is 18.2. The molecule has 0 aliphatic heterocycles. The number of imidazole rings is 1. The van der Waals surface area contributed by atoms with Crippen molar-refractivity contribution >= 4 is 5.91 Å². The highest BCUT2D eigenvalue weighted by molar-refractivity contribution is 5.94. The standard InChI is InChI=1S/C20H21N3O2/c1-16-3-9-19(10-4-16)25-14-13-22(2)20(24)17-5-7-18(8-6-17)23-12-11-21-15-23/h3-12,15H,13-14H2,1-2H3. The first-order valence-electron chi connectivity index (χ1n) is 8.17. The van der Waals surface area contributed by atoms with Gasteiger partial charge in [0.15, 0.2) is 0 Å². The molecule has 5 nitrogen and oxygen atoms in total. The summed E-state index contributed by atoms with van der Waals surface area (Å²) in [6.45, 7) is 3.02. The predicted molar refractivity (Wildman–Crippen MR) is 97.2 cm³/mol. The van der Waals surface area contributed by atoms with Crippen LogP contribution in [0.4, 0.5) is 0 Å². The van der Waals surface area contributed by atoms with Crippen LogP contribution in [0, 0.1) is 6.92 Å². The number of aromatic nitrogens is 2. The fourth-order valence-corrected chi connectivity index (χ4v) is 2.44. The second-order valence-corrected chi connectivity index (χ2v) is 5.91. The molecule has 0 atom stereocenters. The Morgan fingerprint density at radius 2 is 1.84 bits per heavy atom. The van der Waals surface area contributed by atoms with Crippen LogP contribution >= 0.6 is 0 Å². The molecule has 0 saturated carbocycles. The van der Waals surface area contributed by atoms with E-state index in [1.807, 2.05) is 66.2 Å². The summed E-state index contributed by atoms with van der Waals surface area (Å²) in [6.07, 6.45) is 5.32. The van der Waals surface area contributed by atoms with Crippen molar-refractivity contribution in [3.8, 4) is 11.4 Å². The van der Waals surface area contributed by atoms with Crippen molar-refractivity contribution < 1.29 is 9.53 Å². The Labute approximate surface area is 147 Å². The molecule has 0 radical (unpaired) electrons. The topological polar surface area (TPSA) is 47.4 Å². The molecular formula is C20H21N3O2. The molecule has 0 N–H and O–H groups in total. The number of nitrogens with zero attached hydrogens (tertiary/aromatic N) is 3. The molecule has 3 aromatic rings. The van der Waals surface area contributed by atoms with E-state index in [4.69, 9.17) is 4.74 Å². The second-order valence-electron chi connectivity index (χ2n) is 5.91. The zero-order valence-electron chi connectivity index (χ0n) is 14.4. The molecule has 0 unspecified atom stereocenters. The van der Waals surface area contributed by atoms with Crippen LogP contribution < -0.4 is 4.74 Å². The minimum absolute atomic E-state index is 0.0234. The van der Waals surface area contributed by atoms with Gasteiger partial charge >= 0.3 is 0 Å². The first kappa shape index (κ1) is 16.8. The summed E-state index contributed by atoms with van der Waals surface area (Å²) >= 11 is 0. The number of hydrogen-bond donors (Lipinski definition) is 0. The monoisotopic (exact) mass is 335 g/mol. The van der Waals surface area contributed by atoms with Crippen molar-refractivity contribution in [3.05, 3.63) is 78.4 Å². The molecule has 2 aromatic carbocycles.